The first-order chi connectivity index (χ1) is 7.08. The second-order valence-corrected chi connectivity index (χ2v) is 4.55. The average molecular weight is 227 g/mol. The van der Waals surface area contributed by atoms with E-state index in [1.165, 1.54) is 17.2 Å². The van der Waals surface area contributed by atoms with Crippen molar-refractivity contribution >= 4 is 15.8 Å². The zero-order chi connectivity index (χ0) is 10.9. The fourth-order valence-electron chi connectivity index (χ4n) is 1.05. The fourth-order valence-corrected chi connectivity index (χ4v) is 1.95. The summed E-state index contributed by atoms with van der Waals surface area (Å²) in [6.45, 7) is 0. The van der Waals surface area contributed by atoms with Gasteiger partial charge in [0.15, 0.2) is 10.8 Å². The second-order valence-electron chi connectivity index (χ2n) is 2.90. The highest BCUT2D eigenvalue weighted by molar-refractivity contribution is 7.92. The van der Waals surface area contributed by atoms with E-state index in [9.17, 15) is 8.42 Å². The molecule has 0 saturated carbocycles. The lowest BCUT2D eigenvalue weighted by Gasteiger charge is -2.01. The lowest BCUT2D eigenvalue weighted by Crippen LogP contribution is -2.13. The van der Waals surface area contributed by atoms with Gasteiger partial charge in [-0.2, -0.15) is 13.5 Å². The summed E-state index contributed by atoms with van der Waals surface area (Å²) >= 11 is 0. The number of aromatic nitrogens is 4. The van der Waals surface area contributed by atoms with Crippen LogP contribution in [-0.2, 0) is 17.1 Å². The van der Waals surface area contributed by atoms with Crippen molar-refractivity contribution in [3.05, 3.63) is 24.8 Å². The molecule has 2 aromatic heterocycles. The van der Waals surface area contributed by atoms with E-state index in [0.717, 1.165) is 0 Å². The molecular weight excluding hydrogens is 218 g/mol. The summed E-state index contributed by atoms with van der Waals surface area (Å²) in [5.41, 5.74) is 0. The normalized spacial score (nSPS) is 11.5. The van der Waals surface area contributed by atoms with Gasteiger partial charge >= 0.3 is 0 Å². The van der Waals surface area contributed by atoms with Gasteiger partial charge in [-0.15, -0.1) is 0 Å². The van der Waals surface area contributed by atoms with Gasteiger partial charge in [0.2, 0.25) is 0 Å². The molecule has 15 heavy (non-hydrogen) atoms. The molecule has 0 aliphatic carbocycles. The molecular formula is C7H9N5O2S. The molecule has 0 unspecified atom stereocenters. The Kier molecular flexibility index (Phi) is 2.19. The minimum Gasteiger partial charge on any atom is -0.334 e. The highest BCUT2D eigenvalue weighted by atomic mass is 32.2. The van der Waals surface area contributed by atoms with Crippen molar-refractivity contribution < 1.29 is 8.42 Å². The lowest BCUT2D eigenvalue weighted by atomic mass is 10.7. The van der Waals surface area contributed by atoms with Crippen LogP contribution in [0.15, 0.2) is 29.8 Å². The summed E-state index contributed by atoms with van der Waals surface area (Å²) in [5, 5.41) is 3.91. The topological polar surface area (TPSA) is 92.7 Å². The van der Waals surface area contributed by atoms with Crippen LogP contribution >= 0.6 is 0 Å². The molecule has 0 aromatic carbocycles. The maximum absolute atomic E-state index is 11.6. The van der Waals surface area contributed by atoms with Crippen LogP contribution in [0.1, 0.15) is 0 Å². The third kappa shape index (κ3) is 1.99. The maximum atomic E-state index is 11.6. The Bertz CT molecular complexity index is 542. The Morgan fingerprint density at radius 3 is 2.87 bits per heavy atom. The van der Waals surface area contributed by atoms with Crippen molar-refractivity contribution in [3.63, 3.8) is 0 Å². The SMILES string of the molecule is Cn1ccc(NS(=O)(=O)c2cnc[nH]2)n1. The van der Waals surface area contributed by atoms with Crippen molar-refractivity contribution in [1.82, 2.24) is 19.7 Å². The lowest BCUT2D eigenvalue weighted by molar-refractivity contribution is 0.598. The van der Waals surface area contributed by atoms with Crippen LogP contribution in [-0.4, -0.2) is 28.2 Å². The predicted octanol–water partition coefficient (Wildman–Crippen LogP) is -0.0560. The summed E-state index contributed by atoms with van der Waals surface area (Å²) < 4.78 is 27.1. The van der Waals surface area contributed by atoms with Crippen LogP contribution in [0.5, 0.6) is 0 Å². The van der Waals surface area contributed by atoms with Crippen molar-refractivity contribution in [2.45, 2.75) is 5.03 Å². The van der Waals surface area contributed by atoms with Gasteiger partial charge in [-0.25, -0.2) is 4.98 Å². The van der Waals surface area contributed by atoms with E-state index in [2.05, 4.69) is 19.8 Å². The van der Waals surface area contributed by atoms with Crippen molar-refractivity contribution in [1.29, 1.82) is 0 Å². The van der Waals surface area contributed by atoms with Crippen molar-refractivity contribution in [2.75, 3.05) is 4.72 Å². The van der Waals surface area contributed by atoms with E-state index in [0.29, 0.717) is 0 Å². The third-order valence-corrected chi connectivity index (χ3v) is 3.00. The summed E-state index contributed by atoms with van der Waals surface area (Å²) in [6.07, 6.45) is 4.17. The third-order valence-electron chi connectivity index (χ3n) is 1.72. The minimum absolute atomic E-state index is 0.00755. The first-order valence-electron chi connectivity index (χ1n) is 4.09. The summed E-state index contributed by atoms with van der Waals surface area (Å²) in [7, 11) is -1.90. The van der Waals surface area contributed by atoms with Gasteiger partial charge in [-0.1, -0.05) is 0 Å². The summed E-state index contributed by atoms with van der Waals surface area (Å²) in [5.74, 6) is 0.270. The molecule has 0 amide bonds. The molecule has 8 heteroatoms. The number of hydrogen-bond donors (Lipinski definition) is 2. The molecule has 2 heterocycles. The number of aryl methyl sites for hydroxylation is 1. The van der Waals surface area contributed by atoms with Crippen LogP contribution in [0.4, 0.5) is 5.82 Å². The number of aromatic amines is 1. The molecule has 0 saturated heterocycles. The minimum atomic E-state index is -3.60. The van der Waals surface area contributed by atoms with E-state index < -0.39 is 10.0 Å². The van der Waals surface area contributed by atoms with E-state index in [-0.39, 0.29) is 10.8 Å². The van der Waals surface area contributed by atoms with Crippen LogP contribution in [0.2, 0.25) is 0 Å². The van der Waals surface area contributed by atoms with Gasteiger partial charge in [0.25, 0.3) is 10.0 Å². The molecule has 0 radical (unpaired) electrons. The Labute approximate surface area is 86.2 Å². The van der Waals surface area contributed by atoms with E-state index in [1.807, 2.05) is 0 Å². The highest BCUT2D eigenvalue weighted by Crippen LogP contribution is 2.10. The first-order valence-corrected chi connectivity index (χ1v) is 5.57. The zero-order valence-electron chi connectivity index (χ0n) is 7.88. The maximum Gasteiger partial charge on any atom is 0.280 e. The van der Waals surface area contributed by atoms with Gasteiger partial charge in [-0.05, 0) is 0 Å². The number of nitrogens with one attached hydrogen (secondary N) is 2. The molecule has 2 aromatic rings. The zero-order valence-corrected chi connectivity index (χ0v) is 8.69. The van der Waals surface area contributed by atoms with Crippen LogP contribution in [0.3, 0.4) is 0 Å². The van der Waals surface area contributed by atoms with Gasteiger partial charge in [0.1, 0.15) is 0 Å². The Hall–Kier alpha value is -1.83. The molecule has 0 atom stereocenters. The second kappa shape index (κ2) is 3.39. The van der Waals surface area contributed by atoms with Gasteiger partial charge in [0, 0.05) is 19.3 Å². The molecule has 0 fully saturated rings. The fraction of sp³-hybridized carbons (Fsp3) is 0.143. The molecule has 0 aliphatic rings. The van der Waals surface area contributed by atoms with Crippen LogP contribution in [0, 0.1) is 0 Å². The van der Waals surface area contributed by atoms with E-state index in [4.69, 9.17) is 0 Å². The summed E-state index contributed by atoms with van der Waals surface area (Å²) in [6, 6.07) is 1.56. The number of H-pyrrole nitrogens is 1. The quantitative estimate of drug-likeness (QED) is 0.768. The molecule has 2 rings (SSSR count). The number of sulfonamides is 1. The van der Waals surface area contributed by atoms with Crippen molar-refractivity contribution in [3.8, 4) is 0 Å². The molecule has 2 N–H and O–H groups in total. The number of rotatable bonds is 3. The number of imidazole rings is 1. The summed E-state index contributed by atoms with van der Waals surface area (Å²) in [4.78, 5) is 6.14. The Morgan fingerprint density at radius 1 is 1.53 bits per heavy atom. The molecule has 0 aliphatic heterocycles. The van der Waals surface area contributed by atoms with Crippen molar-refractivity contribution in [2.24, 2.45) is 7.05 Å². The number of nitrogens with zero attached hydrogens (tertiary/aromatic N) is 3. The molecule has 0 bridgehead atoms. The molecule has 80 valence electrons. The molecule has 0 spiro atoms. The smallest absolute Gasteiger partial charge is 0.280 e. The monoisotopic (exact) mass is 227 g/mol. The van der Waals surface area contributed by atoms with Gasteiger partial charge in [0.05, 0.1) is 12.5 Å². The van der Waals surface area contributed by atoms with Crippen LogP contribution < -0.4 is 4.72 Å². The van der Waals surface area contributed by atoms with E-state index >= 15 is 0 Å². The number of hydrogen-bond acceptors (Lipinski definition) is 4. The average Bonchev–Trinajstić information content (AvgIpc) is 2.75. The van der Waals surface area contributed by atoms with Crippen LogP contribution in [0.25, 0.3) is 0 Å². The van der Waals surface area contributed by atoms with Gasteiger partial charge in [-0.3, -0.25) is 9.40 Å². The highest BCUT2D eigenvalue weighted by Gasteiger charge is 2.16. The molecule has 7 nitrogen and oxygen atoms in total. The Morgan fingerprint density at radius 2 is 2.33 bits per heavy atom. The standard InChI is InChI=1S/C7H9N5O2S/c1-12-3-2-6(10-12)11-15(13,14)7-4-8-5-9-7/h2-5H,1H3,(H,8,9)(H,10,11). The van der Waals surface area contributed by atoms with Gasteiger partial charge < -0.3 is 4.98 Å². The first kappa shape index (κ1) is 9.71. The van der Waals surface area contributed by atoms with E-state index in [1.54, 1.807) is 19.3 Å². The Balaban J connectivity index is 2.26. The predicted molar refractivity (Wildman–Crippen MR) is 52.6 cm³/mol. The largest absolute Gasteiger partial charge is 0.334 e. The number of anilines is 1.